The van der Waals surface area contributed by atoms with Crippen LogP contribution in [-0.4, -0.2) is 50.6 Å². The van der Waals surface area contributed by atoms with Crippen LogP contribution in [0.5, 0.6) is 0 Å². The van der Waals surface area contributed by atoms with Crippen LogP contribution in [0, 0.1) is 0 Å². The van der Waals surface area contributed by atoms with Crippen molar-refractivity contribution >= 4 is 22.8 Å². The fraction of sp³-hybridized carbons (Fsp3) is 0.467. The van der Waals surface area contributed by atoms with Crippen LogP contribution in [0.25, 0.3) is 11.0 Å². The molecule has 1 aliphatic carbocycles. The SMILES string of the molecule is O=C(CO)NC1CCC(NC(=O)c2c[nH]c3cncnc23)CC1. The second-order valence-corrected chi connectivity index (χ2v) is 5.74. The first-order valence-corrected chi connectivity index (χ1v) is 7.65. The topological polar surface area (TPSA) is 120 Å². The number of aliphatic hydroxyl groups is 1. The van der Waals surface area contributed by atoms with Crippen molar-refractivity contribution in [3.63, 3.8) is 0 Å². The fourth-order valence-electron chi connectivity index (χ4n) is 2.96. The van der Waals surface area contributed by atoms with E-state index >= 15 is 0 Å². The number of hydrogen-bond donors (Lipinski definition) is 4. The number of aliphatic hydroxyl groups excluding tert-OH is 1. The van der Waals surface area contributed by atoms with Crippen molar-refractivity contribution in [1.82, 2.24) is 25.6 Å². The predicted octanol–water partition coefficient (Wildman–Crippen LogP) is 0.107. The van der Waals surface area contributed by atoms with Crippen molar-refractivity contribution in [2.75, 3.05) is 6.61 Å². The van der Waals surface area contributed by atoms with E-state index in [1.54, 1.807) is 12.4 Å². The number of amides is 2. The maximum atomic E-state index is 12.4. The lowest BCUT2D eigenvalue weighted by Crippen LogP contribution is -2.44. The lowest BCUT2D eigenvalue weighted by atomic mass is 9.91. The summed E-state index contributed by atoms with van der Waals surface area (Å²) in [4.78, 5) is 34.6. The van der Waals surface area contributed by atoms with Gasteiger partial charge in [0.25, 0.3) is 5.91 Å². The van der Waals surface area contributed by atoms with Gasteiger partial charge in [-0.3, -0.25) is 9.59 Å². The molecule has 2 amide bonds. The first kappa shape index (κ1) is 15.4. The zero-order valence-electron chi connectivity index (χ0n) is 12.6. The van der Waals surface area contributed by atoms with Crippen LogP contribution in [0.2, 0.25) is 0 Å². The highest BCUT2D eigenvalue weighted by molar-refractivity contribution is 6.05. The van der Waals surface area contributed by atoms with Crippen molar-refractivity contribution in [2.24, 2.45) is 0 Å². The summed E-state index contributed by atoms with van der Waals surface area (Å²) in [7, 11) is 0. The quantitative estimate of drug-likeness (QED) is 0.638. The number of rotatable bonds is 4. The molecule has 3 rings (SSSR count). The Balaban J connectivity index is 1.56. The van der Waals surface area contributed by atoms with Gasteiger partial charge in [-0.2, -0.15) is 0 Å². The van der Waals surface area contributed by atoms with E-state index in [-0.39, 0.29) is 23.9 Å². The molecule has 0 aromatic carbocycles. The zero-order valence-corrected chi connectivity index (χ0v) is 12.6. The number of aromatic nitrogens is 3. The van der Waals surface area contributed by atoms with E-state index in [2.05, 4.69) is 25.6 Å². The van der Waals surface area contributed by atoms with Gasteiger partial charge in [-0.1, -0.05) is 0 Å². The Morgan fingerprint density at radius 3 is 2.61 bits per heavy atom. The van der Waals surface area contributed by atoms with Gasteiger partial charge in [-0.05, 0) is 25.7 Å². The summed E-state index contributed by atoms with van der Waals surface area (Å²) in [6.07, 6.45) is 7.84. The molecule has 0 bridgehead atoms. The van der Waals surface area contributed by atoms with Gasteiger partial charge in [-0.25, -0.2) is 9.97 Å². The Labute approximate surface area is 132 Å². The number of carbonyl (C=O) groups is 2. The van der Waals surface area contributed by atoms with Gasteiger partial charge < -0.3 is 20.7 Å². The molecule has 8 nitrogen and oxygen atoms in total. The smallest absolute Gasteiger partial charge is 0.255 e. The maximum Gasteiger partial charge on any atom is 0.255 e. The molecule has 0 atom stereocenters. The van der Waals surface area contributed by atoms with Gasteiger partial charge in [-0.15, -0.1) is 0 Å². The molecule has 1 saturated carbocycles. The minimum atomic E-state index is -0.487. The fourth-order valence-corrected chi connectivity index (χ4v) is 2.96. The standard InChI is InChI=1S/C15H19N5O3/c21-7-13(22)19-9-1-3-10(4-2-9)20-15(23)11-5-17-12-6-16-8-18-14(11)12/h5-6,8-10,17,21H,1-4,7H2,(H,19,22)(H,20,23). The largest absolute Gasteiger partial charge is 0.387 e. The highest BCUT2D eigenvalue weighted by Crippen LogP contribution is 2.20. The number of fused-ring (bicyclic) bond motifs is 1. The molecule has 1 fully saturated rings. The van der Waals surface area contributed by atoms with E-state index < -0.39 is 6.61 Å². The molecule has 1 aliphatic rings. The van der Waals surface area contributed by atoms with Gasteiger partial charge in [0.05, 0.1) is 17.3 Å². The minimum absolute atomic E-state index is 0.0728. The van der Waals surface area contributed by atoms with E-state index in [0.717, 1.165) is 31.2 Å². The van der Waals surface area contributed by atoms with Crippen molar-refractivity contribution < 1.29 is 14.7 Å². The first-order chi connectivity index (χ1) is 11.2. The average molecular weight is 317 g/mol. The molecule has 0 aliphatic heterocycles. The molecule has 0 radical (unpaired) electrons. The maximum absolute atomic E-state index is 12.4. The summed E-state index contributed by atoms with van der Waals surface area (Å²) in [5, 5.41) is 14.5. The number of carbonyl (C=O) groups excluding carboxylic acids is 2. The second-order valence-electron chi connectivity index (χ2n) is 5.74. The normalized spacial score (nSPS) is 21.1. The summed E-state index contributed by atoms with van der Waals surface area (Å²) in [5.74, 6) is -0.506. The van der Waals surface area contributed by atoms with Crippen molar-refractivity contribution in [1.29, 1.82) is 0 Å². The van der Waals surface area contributed by atoms with E-state index in [9.17, 15) is 9.59 Å². The van der Waals surface area contributed by atoms with Gasteiger partial charge in [0.1, 0.15) is 18.5 Å². The molecule has 0 spiro atoms. The molecule has 2 aromatic rings. The van der Waals surface area contributed by atoms with E-state index in [1.807, 2.05) is 0 Å². The Morgan fingerprint density at radius 2 is 1.91 bits per heavy atom. The van der Waals surface area contributed by atoms with Crippen LogP contribution in [0.3, 0.4) is 0 Å². The molecule has 0 unspecified atom stereocenters. The van der Waals surface area contributed by atoms with E-state index in [4.69, 9.17) is 5.11 Å². The molecular formula is C15H19N5O3. The molecule has 8 heteroatoms. The van der Waals surface area contributed by atoms with Crippen LogP contribution < -0.4 is 10.6 Å². The van der Waals surface area contributed by atoms with E-state index in [1.165, 1.54) is 6.33 Å². The van der Waals surface area contributed by atoms with Crippen molar-refractivity contribution in [3.8, 4) is 0 Å². The van der Waals surface area contributed by atoms with Crippen LogP contribution >= 0.6 is 0 Å². The lowest BCUT2D eigenvalue weighted by Gasteiger charge is -2.29. The Hall–Kier alpha value is -2.48. The van der Waals surface area contributed by atoms with Gasteiger partial charge in [0.15, 0.2) is 0 Å². The monoisotopic (exact) mass is 317 g/mol. The molecule has 2 heterocycles. The lowest BCUT2D eigenvalue weighted by molar-refractivity contribution is -0.124. The Morgan fingerprint density at radius 1 is 1.22 bits per heavy atom. The summed E-state index contributed by atoms with van der Waals surface area (Å²) < 4.78 is 0. The van der Waals surface area contributed by atoms with Crippen molar-refractivity contribution in [2.45, 2.75) is 37.8 Å². The number of nitrogens with one attached hydrogen (secondary N) is 3. The Bertz CT molecular complexity index is 706. The summed E-state index contributed by atoms with van der Waals surface area (Å²) in [6, 6.07) is 0.153. The van der Waals surface area contributed by atoms with Crippen molar-refractivity contribution in [3.05, 3.63) is 24.3 Å². The summed E-state index contributed by atoms with van der Waals surface area (Å²) in [6.45, 7) is -0.487. The molecule has 0 saturated heterocycles. The third kappa shape index (κ3) is 3.48. The molecule has 2 aromatic heterocycles. The number of hydrogen-bond acceptors (Lipinski definition) is 5. The van der Waals surface area contributed by atoms with E-state index in [0.29, 0.717) is 11.1 Å². The Kier molecular flexibility index (Phi) is 4.52. The number of H-pyrrole nitrogens is 1. The molecule has 4 N–H and O–H groups in total. The first-order valence-electron chi connectivity index (χ1n) is 7.65. The number of nitrogens with zero attached hydrogens (tertiary/aromatic N) is 2. The van der Waals surface area contributed by atoms with Crippen LogP contribution in [0.4, 0.5) is 0 Å². The average Bonchev–Trinajstić information content (AvgIpc) is 3.00. The van der Waals surface area contributed by atoms with Crippen LogP contribution in [-0.2, 0) is 4.79 Å². The second kappa shape index (κ2) is 6.74. The number of aromatic amines is 1. The van der Waals surface area contributed by atoms with Crippen LogP contribution in [0.1, 0.15) is 36.0 Å². The molecule has 122 valence electrons. The molecule has 23 heavy (non-hydrogen) atoms. The minimum Gasteiger partial charge on any atom is -0.387 e. The highest BCUT2D eigenvalue weighted by atomic mass is 16.3. The predicted molar refractivity (Wildman–Crippen MR) is 82.6 cm³/mol. The third-order valence-corrected chi connectivity index (χ3v) is 4.16. The summed E-state index contributed by atoms with van der Waals surface area (Å²) in [5.41, 5.74) is 1.85. The molecular weight excluding hydrogens is 298 g/mol. The highest BCUT2D eigenvalue weighted by Gasteiger charge is 2.24. The van der Waals surface area contributed by atoms with Crippen LogP contribution in [0.15, 0.2) is 18.7 Å². The van der Waals surface area contributed by atoms with Gasteiger partial charge >= 0.3 is 0 Å². The van der Waals surface area contributed by atoms with Gasteiger partial charge in [0, 0.05) is 18.3 Å². The zero-order chi connectivity index (χ0) is 16.2. The summed E-state index contributed by atoms with van der Waals surface area (Å²) >= 11 is 0. The van der Waals surface area contributed by atoms with Gasteiger partial charge in [0.2, 0.25) is 5.91 Å². The third-order valence-electron chi connectivity index (χ3n) is 4.16.